The van der Waals surface area contributed by atoms with E-state index in [1.54, 1.807) is 0 Å². The summed E-state index contributed by atoms with van der Waals surface area (Å²) in [6.45, 7) is 1.25. The van der Waals surface area contributed by atoms with Crippen LogP contribution in [0.3, 0.4) is 0 Å². The Kier molecular flexibility index (Phi) is 4.85. The summed E-state index contributed by atoms with van der Waals surface area (Å²) >= 11 is 0. The Morgan fingerprint density at radius 2 is 1.96 bits per heavy atom. The molecule has 6 nitrogen and oxygen atoms in total. The number of fused-ring (bicyclic) bond motifs is 1. The zero-order chi connectivity index (χ0) is 18.1. The number of imide groups is 1. The predicted molar refractivity (Wildman–Crippen MR) is 99.5 cm³/mol. The van der Waals surface area contributed by atoms with Crippen molar-refractivity contribution in [2.75, 3.05) is 25.1 Å². The highest BCUT2D eigenvalue weighted by atomic mass is 16.5. The zero-order valence-corrected chi connectivity index (χ0v) is 15.3. The molecule has 2 fully saturated rings. The van der Waals surface area contributed by atoms with Crippen LogP contribution in [0.15, 0.2) is 18.2 Å². The molecule has 4 rings (SSSR count). The number of benzene rings is 1. The fourth-order valence-corrected chi connectivity index (χ4v) is 4.61. The molecule has 2 N–H and O–H groups in total. The summed E-state index contributed by atoms with van der Waals surface area (Å²) in [5.41, 5.74) is 2.27. The Morgan fingerprint density at radius 1 is 1.15 bits per heavy atom. The maximum absolute atomic E-state index is 12.3. The second kappa shape index (κ2) is 7.27. The number of para-hydroxylation sites is 1. The van der Waals surface area contributed by atoms with E-state index in [4.69, 9.17) is 4.74 Å². The lowest BCUT2D eigenvalue weighted by molar-refractivity contribution is -0.134. The van der Waals surface area contributed by atoms with Gasteiger partial charge in [0.15, 0.2) is 0 Å². The zero-order valence-electron chi connectivity index (χ0n) is 15.3. The minimum absolute atomic E-state index is 0.172. The molecule has 1 saturated heterocycles. The van der Waals surface area contributed by atoms with Crippen molar-refractivity contribution >= 4 is 17.5 Å². The molecule has 1 aromatic rings. The van der Waals surface area contributed by atoms with Gasteiger partial charge in [0.1, 0.15) is 18.4 Å². The lowest BCUT2D eigenvalue weighted by atomic mass is 9.81. The standard InChI is InChI=1S/C20H27N3O3/c1-21-14-7-5-13(6-8-14)15-3-2-4-16-19(15)26-12-11-23(16)17-9-10-18(24)22-20(17)25/h2-4,13-14,17,21H,5-12H2,1H3,(H,22,24,25)/t13?,14?,17-/m1/s1. The van der Waals surface area contributed by atoms with Crippen LogP contribution in [0.1, 0.15) is 50.0 Å². The highest BCUT2D eigenvalue weighted by Gasteiger charge is 2.36. The van der Waals surface area contributed by atoms with Crippen molar-refractivity contribution in [3.63, 3.8) is 0 Å². The van der Waals surface area contributed by atoms with Crippen LogP contribution in [0.5, 0.6) is 5.75 Å². The summed E-state index contributed by atoms with van der Waals surface area (Å²) in [7, 11) is 2.04. The summed E-state index contributed by atoms with van der Waals surface area (Å²) in [6, 6.07) is 6.63. The molecule has 6 heteroatoms. The molecular formula is C20H27N3O3. The first-order valence-corrected chi connectivity index (χ1v) is 9.70. The SMILES string of the molecule is CNC1CCC(c2cccc3c2OCCN3[C@@H]2CCC(=O)NC2=O)CC1. The molecule has 0 unspecified atom stereocenters. The van der Waals surface area contributed by atoms with Crippen molar-refractivity contribution in [2.24, 2.45) is 0 Å². The second-order valence-corrected chi connectivity index (χ2v) is 7.54. The summed E-state index contributed by atoms with van der Waals surface area (Å²) in [4.78, 5) is 26.0. The van der Waals surface area contributed by atoms with Gasteiger partial charge in [0, 0.05) is 12.5 Å². The van der Waals surface area contributed by atoms with E-state index in [2.05, 4.69) is 27.7 Å². The van der Waals surface area contributed by atoms with E-state index in [0.717, 1.165) is 24.3 Å². The number of piperidine rings is 1. The van der Waals surface area contributed by atoms with Gasteiger partial charge in [-0.1, -0.05) is 12.1 Å². The Morgan fingerprint density at radius 3 is 2.69 bits per heavy atom. The third kappa shape index (κ3) is 3.18. The molecule has 0 aromatic heterocycles. The van der Waals surface area contributed by atoms with Gasteiger partial charge in [-0.15, -0.1) is 0 Å². The van der Waals surface area contributed by atoms with Gasteiger partial charge < -0.3 is 15.0 Å². The van der Waals surface area contributed by atoms with Gasteiger partial charge in [0.2, 0.25) is 11.8 Å². The first-order chi connectivity index (χ1) is 12.7. The number of carbonyl (C=O) groups is 2. The van der Waals surface area contributed by atoms with E-state index in [9.17, 15) is 9.59 Å². The summed E-state index contributed by atoms with van der Waals surface area (Å²) in [5.74, 6) is 1.09. The molecular weight excluding hydrogens is 330 g/mol. The van der Waals surface area contributed by atoms with Crippen molar-refractivity contribution in [1.29, 1.82) is 0 Å². The number of anilines is 1. The molecule has 1 aromatic carbocycles. The number of nitrogens with zero attached hydrogens (tertiary/aromatic N) is 1. The molecule has 2 amide bonds. The third-order valence-corrected chi connectivity index (χ3v) is 6.07. The number of hydrogen-bond donors (Lipinski definition) is 2. The molecule has 140 valence electrons. The van der Waals surface area contributed by atoms with E-state index in [-0.39, 0.29) is 17.9 Å². The highest BCUT2D eigenvalue weighted by Crippen LogP contribution is 2.44. The Labute approximate surface area is 154 Å². The van der Waals surface area contributed by atoms with E-state index >= 15 is 0 Å². The first kappa shape index (κ1) is 17.3. The van der Waals surface area contributed by atoms with Crippen LogP contribution in [0.4, 0.5) is 5.69 Å². The number of carbonyl (C=O) groups excluding carboxylic acids is 2. The monoisotopic (exact) mass is 357 g/mol. The molecule has 2 aliphatic heterocycles. The second-order valence-electron chi connectivity index (χ2n) is 7.54. The topological polar surface area (TPSA) is 70.7 Å². The fourth-order valence-electron chi connectivity index (χ4n) is 4.61. The fraction of sp³-hybridized carbons (Fsp3) is 0.600. The van der Waals surface area contributed by atoms with Crippen molar-refractivity contribution in [1.82, 2.24) is 10.6 Å². The van der Waals surface area contributed by atoms with Gasteiger partial charge in [0.05, 0.1) is 12.2 Å². The van der Waals surface area contributed by atoms with E-state index in [1.165, 1.54) is 18.4 Å². The lowest BCUT2D eigenvalue weighted by Crippen LogP contribution is -2.54. The smallest absolute Gasteiger partial charge is 0.249 e. The van der Waals surface area contributed by atoms with Crippen molar-refractivity contribution < 1.29 is 14.3 Å². The molecule has 26 heavy (non-hydrogen) atoms. The van der Waals surface area contributed by atoms with Gasteiger partial charge in [-0.25, -0.2) is 0 Å². The summed E-state index contributed by atoms with van der Waals surface area (Å²) in [5, 5.41) is 5.86. The van der Waals surface area contributed by atoms with Crippen molar-refractivity contribution in [2.45, 2.75) is 56.5 Å². The van der Waals surface area contributed by atoms with Gasteiger partial charge in [-0.3, -0.25) is 14.9 Å². The van der Waals surface area contributed by atoms with E-state index in [1.807, 2.05) is 13.1 Å². The average Bonchev–Trinajstić information content (AvgIpc) is 2.67. The molecule has 1 saturated carbocycles. The Bertz CT molecular complexity index is 698. The quantitative estimate of drug-likeness (QED) is 0.809. The van der Waals surface area contributed by atoms with Gasteiger partial charge in [-0.05, 0) is 56.7 Å². The lowest BCUT2D eigenvalue weighted by Gasteiger charge is -2.39. The number of amides is 2. The Hall–Kier alpha value is -2.08. The normalized spacial score (nSPS) is 29.0. The Balaban J connectivity index is 1.59. The van der Waals surface area contributed by atoms with Gasteiger partial charge in [0.25, 0.3) is 0 Å². The van der Waals surface area contributed by atoms with Gasteiger partial charge >= 0.3 is 0 Å². The van der Waals surface area contributed by atoms with Crippen LogP contribution in [0.25, 0.3) is 0 Å². The average molecular weight is 357 g/mol. The van der Waals surface area contributed by atoms with Crippen LogP contribution >= 0.6 is 0 Å². The molecule has 0 radical (unpaired) electrons. The number of nitrogens with one attached hydrogen (secondary N) is 2. The molecule has 3 aliphatic rings. The molecule has 1 aliphatic carbocycles. The van der Waals surface area contributed by atoms with Crippen LogP contribution in [-0.4, -0.2) is 44.1 Å². The maximum Gasteiger partial charge on any atom is 0.249 e. The molecule has 1 atom stereocenters. The van der Waals surface area contributed by atoms with E-state index in [0.29, 0.717) is 38.0 Å². The molecule has 0 spiro atoms. The van der Waals surface area contributed by atoms with E-state index < -0.39 is 0 Å². The number of rotatable bonds is 3. The van der Waals surface area contributed by atoms with Crippen LogP contribution in [0.2, 0.25) is 0 Å². The highest BCUT2D eigenvalue weighted by molar-refractivity contribution is 6.01. The third-order valence-electron chi connectivity index (χ3n) is 6.07. The molecule has 2 heterocycles. The number of hydrogen-bond acceptors (Lipinski definition) is 5. The maximum atomic E-state index is 12.3. The minimum atomic E-state index is -0.286. The first-order valence-electron chi connectivity index (χ1n) is 9.70. The molecule has 0 bridgehead atoms. The van der Waals surface area contributed by atoms with Gasteiger partial charge in [-0.2, -0.15) is 0 Å². The predicted octanol–water partition coefficient (Wildman–Crippen LogP) is 1.94. The summed E-state index contributed by atoms with van der Waals surface area (Å²) in [6.07, 6.45) is 5.65. The van der Waals surface area contributed by atoms with Crippen molar-refractivity contribution in [3.05, 3.63) is 23.8 Å². The van der Waals surface area contributed by atoms with Crippen LogP contribution in [-0.2, 0) is 9.59 Å². The van der Waals surface area contributed by atoms with Crippen LogP contribution < -0.4 is 20.3 Å². The minimum Gasteiger partial charge on any atom is -0.489 e. The largest absolute Gasteiger partial charge is 0.489 e. The van der Waals surface area contributed by atoms with Crippen molar-refractivity contribution in [3.8, 4) is 5.75 Å². The summed E-state index contributed by atoms with van der Waals surface area (Å²) < 4.78 is 6.08. The van der Waals surface area contributed by atoms with Crippen LogP contribution in [0, 0.1) is 0 Å². The number of ether oxygens (including phenoxy) is 1.